The number of nitrogens with zero attached hydrogens (tertiary/aromatic N) is 2. The Bertz CT molecular complexity index is 5060. The minimum absolute atomic E-state index is 0.878. The van der Waals surface area contributed by atoms with Crippen LogP contribution >= 0.6 is 22.7 Å². The lowest BCUT2D eigenvalue weighted by molar-refractivity contribution is 0.658. The van der Waals surface area contributed by atoms with Gasteiger partial charge in [0.15, 0.2) is 0 Å². The van der Waals surface area contributed by atoms with Gasteiger partial charge in [0.05, 0.1) is 22.1 Å². The quantitative estimate of drug-likeness (QED) is 0.173. The molecule has 6 heterocycles. The second kappa shape index (κ2) is 15.3. The molecule has 0 unspecified atom stereocenters. The van der Waals surface area contributed by atoms with Gasteiger partial charge in [-0.05, 0) is 154 Å². The number of aromatic nitrogens is 2. The lowest BCUT2D eigenvalue weighted by atomic mass is 9.96. The van der Waals surface area contributed by atoms with Crippen molar-refractivity contribution in [2.24, 2.45) is 0 Å². The molecule has 78 heavy (non-hydrogen) atoms. The van der Waals surface area contributed by atoms with E-state index in [9.17, 15) is 0 Å². The summed E-state index contributed by atoms with van der Waals surface area (Å²) < 4.78 is 27.7. The second-order valence-electron chi connectivity index (χ2n) is 21.0. The summed E-state index contributed by atoms with van der Waals surface area (Å²) in [5.74, 6) is 0. The summed E-state index contributed by atoms with van der Waals surface area (Å²) in [4.78, 5) is 3.54. The summed E-state index contributed by atoms with van der Waals surface area (Å²) in [6, 6.07) is 92.6. The molecule has 364 valence electrons. The highest BCUT2D eigenvalue weighted by molar-refractivity contribution is 8.21. The molecule has 0 aliphatic carbocycles. The average molecular weight is 1050 g/mol. The zero-order valence-corrected chi connectivity index (χ0v) is 44.2. The molecular weight excluding hydrogens is 1010 g/mol. The van der Waals surface area contributed by atoms with E-state index in [-0.39, 0.29) is 0 Å². The number of benzene rings is 12. The molecule has 0 saturated carbocycles. The normalized spacial score (nSPS) is 14.5. The van der Waals surface area contributed by atoms with E-state index in [1.165, 1.54) is 84.0 Å². The fourth-order valence-corrected chi connectivity index (χ4v) is 21.4. The average Bonchev–Trinajstić information content (AvgIpc) is 4.13. The maximum Gasteiger partial charge on any atom is 0.0548 e. The molecule has 0 radical (unpaired) electrons. The van der Waals surface area contributed by atoms with Gasteiger partial charge in [0.1, 0.15) is 0 Å². The van der Waals surface area contributed by atoms with Crippen molar-refractivity contribution < 1.29 is 4.21 Å². The first-order valence-corrected chi connectivity index (χ1v) is 30.1. The van der Waals surface area contributed by atoms with Gasteiger partial charge in [0, 0.05) is 102 Å². The van der Waals surface area contributed by atoms with Crippen LogP contribution in [0.15, 0.2) is 274 Å². The zero-order valence-electron chi connectivity index (χ0n) is 41.8. The Balaban J connectivity index is 0.791. The SMILES string of the molecule is O=S12(c3ccccc3-c3ccccc31)c1ccc(-c3ccc(-n4c5ccccc5c5c6c(ccc54)sc4ccccc46)cc3)cc1-c1cc(-c3ccc(-n4c5ccccc5c5c6c(ccc54)sc4ccccc46)cc3)ccc12. The zero-order chi connectivity index (χ0) is 51.0. The molecule has 2 aliphatic heterocycles. The first-order chi connectivity index (χ1) is 38.5. The Kier molecular flexibility index (Phi) is 8.42. The summed E-state index contributed by atoms with van der Waals surface area (Å²) in [5, 5.41) is 10.4. The van der Waals surface area contributed by atoms with Crippen LogP contribution in [0.25, 0.3) is 140 Å². The summed E-state index contributed by atoms with van der Waals surface area (Å²) in [7, 11) is -4.07. The third kappa shape index (κ3) is 5.34. The predicted molar refractivity (Wildman–Crippen MR) is 330 cm³/mol. The van der Waals surface area contributed by atoms with Crippen molar-refractivity contribution in [3.8, 4) is 55.9 Å². The van der Waals surface area contributed by atoms with Gasteiger partial charge in [-0.2, -0.15) is 0 Å². The largest absolute Gasteiger partial charge is 0.309 e. The van der Waals surface area contributed by atoms with Crippen LogP contribution in [-0.2, 0) is 9.07 Å². The van der Waals surface area contributed by atoms with Gasteiger partial charge in [-0.15, -0.1) is 22.7 Å². The van der Waals surface area contributed by atoms with E-state index in [4.69, 9.17) is 0 Å². The number of rotatable bonds is 4. The number of fused-ring (bicyclic) bond motifs is 24. The predicted octanol–water partition coefficient (Wildman–Crippen LogP) is 20.3. The fourth-order valence-electron chi connectivity index (χ4n) is 14.0. The molecule has 0 bridgehead atoms. The van der Waals surface area contributed by atoms with Gasteiger partial charge in [-0.25, -0.2) is 0 Å². The fraction of sp³-hybridized carbons (Fsp3) is 0. The van der Waals surface area contributed by atoms with Crippen molar-refractivity contribution in [3.05, 3.63) is 255 Å². The van der Waals surface area contributed by atoms with E-state index in [1.54, 1.807) is 0 Å². The van der Waals surface area contributed by atoms with Crippen molar-refractivity contribution in [1.82, 2.24) is 9.13 Å². The molecule has 6 heteroatoms. The number of para-hydroxylation sites is 2. The van der Waals surface area contributed by atoms with Gasteiger partial charge < -0.3 is 9.13 Å². The van der Waals surface area contributed by atoms with E-state index in [1.807, 2.05) is 22.7 Å². The molecule has 0 atom stereocenters. The van der Waals surface area contributed by atoms with Crippen molar-refractivity contribution in [2.45, 2.75) is 19.6 Å². The minimum atomic E-state index is -4.07. The van der Waals surface area contributed by atoms with Crippen LogP contribution in [0.5, 0.6) is 0 Å². The highest BCUT2D eigenvalue weighted by atomic mass is 32.3. The van der Waals surface area contributed by atoms with Crippen LogP contribution in [-0.4, -0.2) is 13.3 Å². The summed E-state index contributed by atoms with van der Waals surface area (Å²) >= 11 is 3.73. The van der Waals surface area contributed by atoms with Gasteiger partial charge in [-0.1, -0.05) is 146 Å². The number of hydrogen-bond acceptors (Lipinski definition) is 3. The molecule has 2 aliphatic rings. The van der Waals surface area contributed by atoms with Crippen LogP contribution in [0.2, 0.25) is 0 Å². The van der Waals surface area contributed by atoms with E-state index < -0.39 is 9.07 Å². The lowest BCUT2D eigenvalue weighted by Crippen LogP contribution is -2.30. The van der Waals surface area contributed by atoms with Crippen LogP contribution in [0, 0.1) is 0 Å². The van der Waals surface area contributed by atoms with Crippen molar-refractivity contribution in [1.29, 1.82) is 0 Å². The molecule has 0 saturated heterocycles. The molecule has 4 aromatic heterocycles. The Hall–Kier alpha value is -9.17. The molecule has 0 fully saturated rings. The highest BCUT2D eigenvalue weighted by Gasteiger charge is 2.57. The van der Waals surface area contributed by atoms with Crippen LogP contribution in [0.4, 0.5) is 0 Å². The van der Waals surface area contributed by atoms with Gasteiger partial charge in [0.2, 0.25) is 0 Å². The molecule has 0 amide bonds. The third-order valence-electron chi connectivity index (χ3n) is 17.3. The standard InChI is InChI=1S/C72H42N2OS3/c75-78(65-23-11-5-13-49(65)50-14-6-12-24-66(50)78)67-39-29-45(43-25-31-47(32-26-43)73-57-19-7-1-15-51(57)69-59(73)35-37-63-71(69)53-17-3-9-21-61(53)76-63)41-55(67)56-42-46(30-40-68(56)78)44-27-33-48(34-28-44)74-58-20-8-2-16-52(58)70-60(74)36-38-64-72(70)54-18-4-10-22-62(54)77-64/h1-42H. The Labute approximate surface area is 456 Å². The number of hydrogen-bond donors (Lipinski definition) is 0. The topological polar surface area (TPSA) is 26.9 Å². The van der Waals surface area contributed by atoms with Crippen LogP contribution in [0.1, 0.15) is 0 Å². The van der Waals surface area contributed by atoms with Crippen molar-refractivity contribution in [3.63, 3.8) is 0 Å². The van der Waals surface area contributed by atoms with E-state index >= 15 is 4.21 Å². The monoisotopic (exact) mass is 1050 g/mol. The Morgan fingerprint density at radius 1 is 0.269 bits per heavy atom. The molecule has 1 spiro atoms. The van der Waals surface area contributed by atoms with Crippen molar-refractivity contribution in [2.75, 3.05) is 0 Å². The first kappa shape index (κ1) is 43.0. The van der Waals surface area contributed by atoms with Crippen LogP contribution < -0.4 is 0 Å². The Morgan fingerprint density at radius 3 is 1.10 bits per heavy atom. The van der Waals surface area contributed by atoms with Gasteiger partial charge >= 0.3 is 0 Å². The summed E-state index contributed by atoms with van der Waals surface area (Å²) in [5.41, 5.74) is 15.5. The molecular formula is C72H42N2OS3. The first-order valence-electron chi connectivity index (χ1n) is 26.5. The molecule has 0 N–H and O–H groups in total. The molecule has 12 aromatic carbocycles. The van der Waals surface area contributed by atoms with Gasteiger partial charge in [0.25, 0.3) is 0 Å². The summed E-state index contributed by atoms with van der Waals surface area (Å²) in [6.07, 6.45) is 0. The second-order valence-corrected chi connectivity index (χ2v) is 26.8. The summed E-state index contributed by atoms with van der Waals surface area (Å²) in [6.45, 7) is 0. The lowest BCUT2D eigenvalue weighted by Gasteiger charge is -2.38. The van der Waals surface area contributed by atoms with E-state index in [0.29, 0.717) is 0 Å². The maximum absolute atomic E-state index is 17.6. The molecule has 18 rings (SSSR count). The molecule has 16 aromatic rings. The van der Waals surface area contributed by atoms with E-state index in [2.05, 4.69) is 264 Å². The highest BCUT2D eigenvalue weighted by Crippen LogP contribution is 2.71. The minimum Gasteiger partial charge on any atom is -0.309 e. The van der Waals surface area contributed by atoms with Crippen molar-refractivity contribution >= 4 is 116 Å². The number of thiophene rings is 2. The Morgan fingerprint density at radius 2 is 0.641 bits per heavy atom. The van der Waals surface area contributed by atoms with Gasteiger partial charge in [-0.3, -0.25) is 4.21 Å². The maximum atomic E-state index is 17.6. The molecule has 3 nitrogen and oxygen atoms in total. The van der Waals surface area contributed by atoms with E-state index in [0.717, 1.165) is 75.5 Å². The smallest absolute Gasteiger partial charge is 0.0548 e. The van der Waals surface area contributed by atoms with Crippen LogP contribution in [0.3, 0.4) is 0 Å². The third-order valence-corrected chi connectivity index (χ3v) is 24.3.